The number of para-hydroxylation sites is 1. The maximum atomic E-state index is 12.4. The molecule has 1 aromatic heterocycles. The minimum atomic E-state index is -0.696. The highest BCUT2D eigenvalue weighted by atomic mass is 16.3. The Kier molecular flexibility index (Phi) is 5.36. The molecule has 1 aromatic carbocycles. The van der Waals surface area contributed by atoms with Crippen LogP contribution in [0.4, 0.5) is 5.69 Å². The van der Waals surface area contributed by atoms with Gasteiger partial charge in [-0.05, 0) is 31.2 Å². The summed E-state index contributed by atoms with van der Waals surface area (Å²) in [5, 5.41) is 5.38. The Hall–Kier alpha value is -3.09. The zero-order valence-electron chi connectivity index (χ0n) is 14.5. The number of anilines is 1. The highest BCUT2D eigenvalue weighted by Gasteiger charge is 2.35. The van der Waals surface area contributed by atoms with E-state index in [0.717, 1.165) is 5.69 Å². The molecule has 0 saturated carbocycles. The SMILES string of the molecule is CC(NC(=O)C1CC(=O)N(c2ccccc2)C1)C(=O)NCc1ccco1. The zero-order chi connectivity index (χ0) is 18.5. The van der Waals surface area contributed by atoms with Crippen LogP contribution in [0.3, 0.4) is 0 Å². The summed E-state index contributed by atoms with van der Waals surface area (Å²) in [6, 6.07) is 12.0. The summed E-state index contributed by atoms with van der Waals surface area (Å²) in [6.07, 6.45) is 1.67. The lowest BCUT2D eigenvalue weighted by Crippen LogP contribution is -2.46. The summed E-state index contributed by atoms with van der Waals surface area (Å²) in [6.45, 7) is 2.19. The summed E-state index contributed by atoms with van der Waals surface area (Å²) in [5.41, 5.74) is 0.775. The molecular formula is C19H21N3O4. The lowest BCUT2D eigenvalue weighted by molar-refractivity contribution is -0.131. The van der Waals surface area contributed by atoms with Crippen LogP contribution in [0.15, 0.2) is 53.1 Å². The van der Waals surface area contributed by atoms with Crippen LogP contribution in [0.25, 0.3) is 0 Å². The van der Waals surface area contributed by atoms with Crippen molar-refractivity contribution in [2.75, 3.05) is 11.4 Å². The largest absolute Gasteiger partial charge is 0.467 e. The van der Waals surface area contributed by atoms with Crippen LogP contribution < -0.4 is 15.5 Å². The fraction of sp³-hybridized carbons (Fsp3) is 0.316. The fourth-order valence-electron chi connectivity index (χ4n) is 2.88. The van der Waals surface area contributed by atoms with Gasteiger partial charge < -0.3 is 20.0 Å². The molecule has 0 radical (unpaired) electrons. The molecular weight excluding hydrogens is 334 g/mol. The van der Waals surface area contributed by atoms with E-state index < -0.39 is 12.0 Å². The molecule has 3 rings (SSSR count). The first-order valence-electron chi connectivity index (χ1n) is 8.50. The number of carbonyl (C=O) groups excluding carboxylic acids is 3. The quantitative estimate of drug-likeness (QED) is 0.820. The molecule has 0 bridgehead atoms. The predicted octanol–water partition coefficient (Wildman–Crippen LogP) is 1.45. The van der Waals surface area contributed by atoms with Crippen molar-refractivity contribution < 1.29 is 18.8 Å². The van der Waals surface area contributed by atoms with Crippen molar-refractivity contribution in [3.05, 3.63) is 54.5 Å². The molecule has 7 nitrogen and oxygen atoms in total. The highest BCUT2D eigenvalue weighted by Crippen LogP contribution is 2.24. The maximum absolute atomic E-state index is 12.4. The van der Waals surface area contributed by atoms with Gasteiger partial charge in [-0.1, -0.05) is 18.2 Å². The van der Waals surface area contributed by atoms with Gasteiger partial charge in [0.1, 0.15) is 11.8 Å². The van der Waals surface area contributed by atoms with Crippen LogP contribution in [0, 0.1) is 5.92 Å². The number of hydrogen-bond acceptors (Lipinski definition) is 4. The van der Waals surface area contributed by atoms with Crippen molar-refractivity contribution in [3.63, 3.8) is 0 Å². The number of nitrogens with zero attached hydrogens (tertiary/aromatic N) is 1. The molecule has 3 amide bonds. The minimum absolute atomic E-state index is 0.0914. The molecule has 2 heterocycles. The minimum Gasteiger partial charge on any atom is -0.467 e. The highest BCUT2D eigenvalue weighted by molar-refractivity contribution is 6.01. The molecule has 7 heteroatoms. The van der Waals surface area contributed by atoms with Gasteiger partial charge in [-0.3, -0.25) is 14.4 Å². The Morgan fingerprint density at radius 2 is 2.00 bits per heavy atom. The molecule has 0 spiro atoms. The van der Waals surface area contributed by atoms with Gasteiger partial charge in [0.05, 0.1) is 18.7 Å². The molecule has 2 N–H and O–H groups in total. The lowest BCUT2D eigenvalue weighted by atomic mass is 10.1. The van der Waals surface area contributed by atoms with E-state index in [1.165, 1.54) is 6.26 Å². The summed E-state index contributed by atoms with van der Waals surface area (Å²) < 4.78 is 5.15. The Bertz CT molecular complexity index is 773. The van der Waals surface area contributed by atoms with E-state index >= 15 is 0 Å². The number of nitrogens with one attached hydrogen (secondary N) is 2. The van der Waals surface area contributed by atoms with Crippen LogP contribution in [-0.2, 0) is 20.9 Å². The Balaban J connectivity index is 1.51. The van der Waals surface area contributed by atoms with Gasteiger partial charge in [0.25, 0.3) is 0 Å². The van der Waals surface area contributed by atoms with Gasteiger partial charge in [0.2, 0.25) is 17.7 Å². The van der Waals surface area contributed by atoms with E-state index in [4.69, 9.17) is 4.42 Å². The molecule has 1 fully saturated rings. The summed E-state index contributed by atoms with van der Waals surface area (Å²) in [4.78, 5) is 38.3. The smallest absolute Gasteiger partial charge is 0.242 e. The van der Waals surface area contributed by atoms with Crippen molar-refractivity contribution in [1.29, 1.82) is 0 Å². The summed E-state index contributed by atoms with van der Waals surface area (Å²) in [7, 11) is 0. The second kappa shape index (κ2) is 7.86. The maximum Gasteiger partial charge on any atom is 0.242 e. The lowest BCUT2D eigenvalue weighted by Gasteiger charge is -2.18. The molecule has 2 atom stereocenters. The second-order valence-corrected chi connectivity index (χ2v) is 6.27. The van der Waals surface area contributed by atoms with E-state index in [2.05, 4.69) is 10.6 Å². The number of benzene rings is 1. The van der Waals surface area contributed by atoms with E-state index in [0.29, 0.717) is 12.3 Å². The molecule has 2 unspecified atom stereocenters. The van der Waals surface area contributed by atoms with Gasteiger partial charge >= 0.3 is 0 Å². The summed E-state index contributed by atoms with van der Waals surface area (Å²) >= 11 is 0. The molecule has 2 aromatic rings. The van der Waals surface area contributed by atoms with Crippen LogP contribution in [0.2, 0.25) is 0 Å². The number of hydrogen-bond donors (Lipinski definition) is 2. The third-order valence-corrected chi connectivity index (χ3v) is 4.33. The zero-order valence-corrected chi connectivity index (χ0v) is 14.5. The molecule has 1 aliphatic heterocycles. The van der Waals surface area contributed by atoms with E-state index in [-0.39, 0.29) is 30.7 Å². The fourth-order valence-corrected chi connectivity index (χ4v) is 2.88. The number of rotatable bonds is 6. The molecule has 0 aliphatic carbocycles. The van der Waals surface area contributed by atoms with E-state index in [9.17, 15) is 14.4 Å². The third-order valence-electron chi connectivity index (χ3n) is 4.33. The standard InChI is InChI=1S/C19H21N3O4/c1-13(18(24)20-11-16-8-5-9-26-16)21-19(25)14-10-17(23)22(12-14)15-6-3-2-4-7-15/h2-9,13-14H,10-12H2,1H3,(H,20,24)(H,21,25). The topological polar surface area (TPSA) is 91.7 Å². The third kappa shape index (κ3) is 4.11. The Labute approximate surface area is 151 Å². The van der Waals surface area contributed by atoms with Crippen molar-refractivity contribution in [2.24, 2.45) is 5.92 Å². The van der Waals surface area contributed by atoms with Crippen LogP contribution in [0.1, 0.15) is 19.1 Å². The van der Waals surface area contributed by atoms with Crippen LogP contribution >= 0.6 is 0 Å². The number of carbonyl (C=O) groups is 3. The van der Waals surface area contributed by atoms with E-state index in [1.807, 2.05) is 30.3 Å². The van der Waals surface area contributed by atoms with Gasteiger partial charge in [-0.15, -0.1) is 0 Å². The second-order valence-electron chi connectivity index (χ2n) is 6.27. The van der Waals surface area contributed by atoms with Gasteiger partial charge in [0.15, 0.2) is 0 Å². The van der Waals surface area contributed by atoms with Gasteiger partial charge in [0, 0.05) is 18.7 Å². The molecule has 1 saturated heterocycles. The van der Waals surface area contributed by atoms with Crippen LogP contribution in [0.5, 0.6) is 0 Å². The molecule has 26 heavy (non-hydrogen) atoms. The van der Waals surface area contributed by atoms with E-state index in [1.54, 1.807) is 24.0 Å². The predicted molar refractivity (Wildman–Crippen MR) is 95.1 cm³/mol. The Morgan fingerprint density at radius 1 is 1.23 bits per heavy atom. The van der Waals surface area contributed by atoms with Crippen LogP contribution in [-0.4, -0.2) is 30.3 Å². The van der Waals surface area contributed by atoms with Crippen molar-refractivity contribution in [3.8, 4) is 0 Å². The van der Waals surface area contributed by atoms with Crippen molar-refractivity contribution >= 4 is 23.4 Å². The first kappa shape index (κ1) is 17.7. The average Bonchev–Trinajstić information content (AvgIpc) is 3.30. The van der Waals surface area contributed by atoms with Gasteiger partial charge in [-0.25, -0.2) is 0 Å². The first-order valence-corrected chi connectivity index (χ1v) is 8.50. The normalized spacial score (nSPS) is 17.8. The first-order chi connectivity index (χ1) is 12.5. The molecule has 1 aliphatic rings. The molecule has 136 valence electrons. The van der Waals surface area contributed by atoms with Crippen molar-refractivity contribution in [1.82, 2.24) is 10.6 Å². The number of furan rings is 1. The number of amides is 3. The monoisotopic (exact) mass is 355 g/mol. The van der Waals surface area contributed by atoms with Crippen molar-refractivity contribution in [2.45, 2.75) is 25.9 Å². The summed E-state index contributed by atoms with van der Waals surface area (Å²) in [5.74, 6) is -0.525. The van der Waals surface area contributed by atoms with Gasteiger partial charge in [-0.2, -0.15) is 0 Å². The Morgan fingerprint density at radius 3 is 2.69 bits per heavy atom. The average molecular weight is 355 g/mol.